The lowest BCUT2D eigenvalue weighted by atomic mass is 9.89. The summed E-state index contributed by atoms with van der Waals surface area (Å²) in [5.41, 5.74) is 1.08. The Morgan fingerprint density at radius 3 is 2.79 bits per heavy atom. The van der Waals surface area contributed by atoms with Gasteiger partial charge in [-0.2, -0.15) is 9.61 Å². The van der Waals surface area contributed by atoms with Gasteiger partial charge in [0.05, 0.1) is 31.6 Å². The zero-order valence-corrected chi connectivity index (χ0v) is 19.0. The summed E-state index contributed by atoms with van der Waals surface area (Å²) >= 11 is 0. The van der Waals surface area contributed by atoms with Crippen LogP contribution in [0.4, 0.5) is 17.3 Å². The second-order valence-electron chi connectivity index (χ2n) is 9.12. The quantitative estimate of drug-likeness (QED) is 0.478. The summed E-state index contributed by atoms with van der Waals surface area (Å²) in [6.07, 6.45) is 5.17. The molecule has 3 aromatic rings. The first-order chi connectivity index (χ1) is 16.6. The van der Waals surface area contributed by atoms with Crippen LogP contribution in [-0.4, -0.2) is 64.6 Å². The van der Waals surface area contributed by atoms with Gasteiger partial charge in [-0.05, 0) is 25.0 Å². The molecule has 4 atom stereocenters. The molecule has 34 heavy (non-hydrogen) atoms. The van der Waals surface area contributed by atoms with Crippen LogP contribution >= 0.6 is 0 Å². The van der Waals surface area contributed by atoms with Gasteiger partial charge in [0.1, 0.15) is 22.9 Å². The number of carbonyl (C=O) groups excluding carboxylic acids is 1. The third kappa shape index (κ3) is 3.34. The topological polar surface area (TPSA) is 124 Å². The van der Waals surface area contributed by atoms with E-state index in [1.54, 1.807) is 35.4 Å². The fraction of sp³-hybridized carbons (Fsp3) is 0.478. The molecule has 11 nitrogen and oxygen atoms in total. The number of carbonyl (C=O) groups is 1. The minimum Gasteiger partial charge on any atom is -0.381 e. The molecular weight excluding hydrogens is 438 g/mol. The smallest absolute Gasteiger partial charge is 0.274 e. The molecule has 3 fully saturated rings. The number of hydrogen-bond donors (Lipinski definition) is 3. The molecular formula is C23H27N7O4. The van der Waals surface area contributed by atoms with E-state index in [2.05, 4.69) is 26.0 Å². The number of anilines is 3. The lowest BCUT2D eigenvalue weighted by Gasteiger charge is -2.35. The molecule has 1 saturated heterocycles. The largest absolute Gasteiger partial charge is 0.381 e. The molecule has 11 heteroatoms. The summed E-state index contributed by atoms with van der Waals surface area (Å²) in [5, 5.41) is 13.6. The number of fused-ring (bicyclic) bond motifs is 2. The van der Waals surface area contributed by atoms with Gasteiger partial charge in [0.15, 0.2) is 5.65 Å². The van der Waals surface area contributed by atoms with Crippen molar-refractivity contribution in [3.63, 3.8) is 0 Å². The van der Waals surface area contributed by atoms with E-state index in [0.717, 1.165) is 12.8 Å². The number of aromatic nitrogens is 4. The summed E-state index contributed by atoms with van der Waals surface area (Å²) in [6.45, 7) is 1.42. The molecule has 3 aromatic heterocycles. The maximum Gasteiger partial charge on any atom is 0.274 e. The van der Waals surface area contributed by atoms with Crippen molar-refractivity contribution in [2.75, 3.05) is 38.0 Å². The van der Waals surface area contributed by atoms with E-state index in [-0.39, 0.29) is 29.7 Å². The number of rotatable bonds is 7. The zero-order valence-electron chi connectivity index (χ0n) is 19.0. The van der Waals surface area contributed by atoms with E-state index in [9.17, 15) is 9.59 Å². The number of nitrogens with zero attached hydrogens (tertiary/aromatic N) is 4. The van der Waals surface area contributed by atoms with Crippen molar-refractivity contribution in [3.8, 4) is 0 Å². The number of methoxy groups -OCH3 is 1. The van der Waals surface area contributed by atoms with Crippen LogP contribution in [0.1, 0.15) is 29.2 Å². The SMILES string of the molecule is CNc1cc(Nc2cccn(C3C4COCC43)c2=O)nc2c(C(=O)N[C@H]3CC[C@@H]3OC)cnn12. The molecule has 1 amide bonds. The Labute approximate surface area is 195 Å². The standard InChI is InChI=1S/C23H27N7O4/c1-24-19-8-18(26-16-4-3-7-29(23(16)32)20-13-10-34-11-14(13)20)28-21-12(9-25-30(19)21)22(31)27-15-5-6-17(15)33-2/h3-4,7-9,13-15,17,20,24H,5-6,10-11H2,1-2H3,(H,26,28)(H,27,31)/t13?,14?,15-,17-,20?/m0/s1. The van der Waals surface area contributed by atoms with E-state index < -0.39 is 0 Å². The zero-order chi connectivity index (χ0) is 23.4. The minimum atomic E-state index is -0.252. The van der Waals surface area contributed by atoms with E-state index in [1.807, 2.05) is 12.3 Å². The first kappa shape index (κ1) is 21.1. The Hall–Kier alpha value is -3.44. The van der Waals surface area contributed by atoms with Gasteiger partial charge in [-0.15, -0.1) is 0 Å². The van der Waals surface area contributed by atoms with Crippen LogP contribution in [0.25, 0.3) is 5.65 Å². The first-order valence-electron chi connectivity index (χ1n) is 11.5. The van der Waals surface area contributed by atoms with Crippen molar-refractivity contribution in [1.29, 1.82) is 0 Å². The van der Waals surface area contributed by atoms with Crippen molar-refractivity contribution in [2.45, 2.75) is 31.0 Å². The summed E-state index contributed by atoms with van der Waals surface area (Å²) in [5.74, 6) is 1.66. The third-order valence-corrected chi connectivity index (χ3v) is 7.27. The Morgan fingerprint density at radius 2 is 2.09 bits per heavy atom. The molecule has 2 aliphatic carbocycles. The number of pyridine rings is 1. The summed E-state index contributed by atoms with van der Waals surface area (Å²) < 4.78 is 14.2. The highest BCUT2D eigenvalue weighted by Crippen LogP contribution is 2.53. The van der Waals surface area contributed by atoms with Crippen LogP contribution in [0.15, 0.2) is 35.4 Å². The predicted octanol–water partition coefficient (Wildman–Crippen LogP) is 1.40. The average molecular weight is 466 g/mol. The minimum absolute atomic E-state index is 0.0207. The molecule has 6 rings (SSSR count). The van der Waals surface area contributed by atoms with Crippen molar-refractivity contribution in [1.82, 2.24) is 24.5 Å². The van der Waals surface area contributed by atoms with E-state index >= 15 is 0 Å². The Morgan fingerprint density at radius 1 is 1.26 bits per heavy atom. The molecule has 0 aromatic carbocycles. The highest BCUT2D eigenvalue weighted by Gasteiger charge is 2.55. The van der Waals surface area contributed by atoms with Crippen molar-refractivity contribution >= 4 is 28.9 Å². The number of amides is 1. The van der Waals surface area contributed by atoms with Gasteiger partial charge in [0.2, 0.25) is 0 Å². The van der Waals surface area contributed by atoms with Gasteiger partial charge in [-0.25, -0.2) is 4.98 Å². The lowest BCUT2D eigenvalue weighted by molar-refractivity contribution is 0.00732. The summed E-state index contributed by atoms with van der Waals surface area (Å²) in [4.78, 5) is 30.8. The van der Waals surface area contributed by atoms with Gasteiger partial charge >= 0.3 is 0 Å². The molecule has 3 aliphatic rings. The fourth-order valence-electron chi connectivity index (χ4n) is 5.13. The van der Waals surface area contributed by atoms with Crippen LogP contribution in [0.2, 0.25) is 0 Å². The highest BCUT2D eigenvalue weighted by molar-refractivity contribution is 6.00. The Bertz CT molecular complexity index is 1310. The van der Waals surface area contributed by atoms with Crippen molar-refractivity contribution in [3.05, 3.63) is 46.5 Å². The van der Waals surface area contributed by atoms with Gasteiger partial charge in [0.25, 0.3) is 11.5 Å². The molecule has 0 spiro atoms. The molecule has 4 heterocycles. The van der Waals surface area contributed by atoms with Gasteiger partial charge in [-0.1, -0.05) is 0 Å². The molecule has 1 aliphatic heterocycles. The molecule has 178 valence electrons. The first-order valence-corrected chi connectivity index (χ1v) is 11.5. The number of ether oxygens (including phenoxy) is 2. The Balaban J connectivity index is 1.30. The third-order valence-electron chi connectivity index (χ3n) is 7.27. The molecule has 2 unspecified atom stereocenters. The van der Waals surface area contributed by atoms with Crippen molar-refractivity contribution < 1.29 is 14.3 Å². The average Bonchev–Trinajstić information content (AvgIpc) is 3.15. The number of hydrogen-bond acceptors (Lipinski definition) is 8. The van der Waals surface area contributed by atoms with Crippen molar-refractivity contribution in [2.24, 2.45) is 11.8 Å². The number of nitrogens with one attached hydrogen (secondary N) is 3. The van der Waals surface area contributed by atoms with Crippen LogP contribution < -0.4 is 21.5 Å². The summed E-state index contributed by atoms with van der Waals surface area (Å²) in [6, 6.07) is 5.53. The molecule has 0 bridgehead atoms. The van der Waals surface area contributed by atoms with Crippen LogP contribution in [0, 0.1) is 11.8 Å². The van der Waals surface area contributed by atoms with Gasteiger partial charge in [-0.3, -0.25) is 9.59 Å². The fourth-order valence-corrected chi connectivity index (χ4v) is 5.13. The van der Waals surface area contributed by atoms with E-state index in [1.165, 1.54) is 6.20 Å². The maximum absolute atomic E-state index is 13.2. The normalized spacial score (nSPS) is 27.2. The molecule has 0 radical (unpaired) electrons. The highest BCUT2D eigenvalue weighted by atomic mass is 16.5. The van der Waals surface area contributed by atoms with E-state index in [4.69, 9.17) is 9.47 Å². The van der Waals surface area contributed by atoms with Crippen LogP contribution in [0.3, 0.4) is 0 Å². The maximum atomic E-state index is 13.2. The summed E-state index contributed by atoms with van der Waals surface area (Å²) in [7, 11) is 3.42. The lowest BCUT2D eigenvalue weighted by Crippen LogP contribution is -2.51. The molecule has 2 saturated carbocycles. The second kappa shape index (κ2) is 8.10. The molecule has 3 N–H and O–H groups in total. The van der Waals surface area contributed by atoms with Gasteiger partial charge < -0.3 is 30.0 Å². The Kier molecular flexibility index (Phi) is 5.03. The second-order valence-corrected chi connectivity index (χ2v) is 9.12. The van der Waals surface area contributed by atoms with Gasteiger partial charge in [0, 0.05) is 44.3 Å². The van der Waals surface area contributed by atoms with E-state index in [0.29, 0.717) is 53.6 Å². The van der Waals surface area contributed by atoms with Crippen LogP contribution in [-0.2, 0) is 9.47 Å². The monoisotopic (exact) mass is 465 g/mol. The van der Waals surface area contributed by atoms with Crippen LogP contribution in [0.5, 0.6) is 0 Å². The predicted molar refractivity (Wildman–Crippen MR) is 125 cm³/mol.